The molecule has 0 unspecified atom stereocenters. The molecule has 0 bridgehead atoms. The second-order valence-corrected chi connectivity index (χ2v) is 8.94. The van der Waals surface area contributed by atoms with Crippen molar-refractivity contribution in [3.63, 3.8) is 0 Å². The van der Waals surface area contributed by atoms with E-state index in [0.717, 1.165) is 5.56 Å². The number of carbonyl (C=O) groups excluding carboxylic acids is 1. The van der Waals surface area contributed by atoms with Crippen LogP contribution in [-0.2, 0) is 6.54 Å². The number of aliphatic hydroxyl groups excluding tert-OH is 2. The van der Waals surface area contributed by atoms with Crippen LogP contribution in [0.4, 0.5) is 33.0 Å². The SMILES string of the molecule is Cc1cc(F)c(Nc2ccnc3c2C(=O)Nc2cc(CN4CC[C@H](O)[C@@H](O)C4)ccc2N3)cc1O. The van der Waals surface area contributed by atoms with Gasteiger partial charge in [0.2, 0.25) is 0 Å². The van der Waals surface area contributed by atoms with Gasteiger partial charge in [-0.25, -0.2) is 9.37 Å². The maximum Gasteiger partial charge on any atom is 0.261 e. The fourth-order valence-electron chi connectivity index (χ4n) is 4.39. The van der Waals surface area contributed by atoms with E-state index in [2.05, 4.69) is 25.8 Å². The van der Waals surface area contributed by atoms with Crippen LogP contribution in [0.5, 0.6) is 5.75 Å². The highest BCUT2D eigenvalue weighted by Crippen LogP contribution is 2.36. The van der Waals surface area contributed by atoms with Crippen molar-refractivity contribution in [3.05, 3.63) is 65.1 Å². The first kappa shape index (κ1) is 23.0. The first-order valence-corrected chi connectivity index (χ1v) is 11.3. The predicted molar refractivity (Wildman–Crippen MR) is 130 cm³/mol. The monoisotopic (exact) mass is 479 g/mol. The highest BCUT2D eigenvalue weighted by atomic mass is 19.1. The van der Waals surface area contributed by atoms with Crippen LogP contribution in [0, 0.1) is 12.7 Å². The van der Waals surface area contributed by atoms with Gasteiger partial charge in [0.05, 0.1) is 35.0 Å². The molecule has 0 aliphatic carbocycles. The number of rotatable bonds is 4. The Morgan fingerprint density at radius 3 is 2.74 bits per heavy atom. The lowest BCUT2D eigenvalue weighted by Gasteiger charge is -2.33. The van der Waals surface area contributed by atoms with E-state index in [0.29, 0.717) is 54.5 Å². The van der Waals surface area contributed by atoms with Gasteiger partial charge in [0.1, 0.15) is 22.9 Å². The van der Waals surface area contributed by atoms with Gasteiger partial charge in [0.15, 0.2) is 0 Å². The van der Waals surface area contributed by atoms with E-state index < -0.39 is 23.9 Å². The molecule has 1 aromatic heterocycles. The molecule has 6 N–H and O–H groups in total. The molecule has 1 saturated heterocycles. The lowest BCUT2D eigenvalue weighted by atomic mass is 10.0. The van der Waals surface area contributed by atoms with E-state index >= 15 is 0 Å². The molecule has 10 heteroatoms. The Bertz CT molecular complexity index is 1300. The minimum absolute atomic E-state index is 0.0344. The fraction of sp³-hybridized carbons (Fsp3) is 0.280. The normalized spacial score (nSPS) is 19.7. The Balaban J connectivity index is 1.40. The number of aryl methyl sites for hydroxylation is 1. The summed E-state index contributed by atoms with van der Waals surface area (Å²) in [5, 5.41) is 38.7. The number of aromatic hydroxyl groups is 1. The van der Waals surface area contributed by atoms with Crippen molar-refractivity contribution in [2.45, 2.75) is 32.1 Å². The van der Waals surface area contributed by atoms with Gasteiger partial charge in [-0.1, -0.05) is 6.07 Å². The molecular formula is C25H26FN5O4. The number of amides is 1. The van der Waals surface area contributed by atoms with Crippen LogP contribution in [0.25, 0.3) is 0 Å². The number of halogens is 1. The van der Waals surface area contributed by atoms with Gasteiger partial charge in [0, 0.05) is 31.9 Å². The van der Waals surface area contributed by atoms with Crippen LogP contribution >= 0.6 is 0 Å². The number of phenols is 1. The van der Waals surface area contributed by atoms with E-state index in [4.69, 9.17) is 0 Å². The van der Waals surface area contributed by atoms with E-state index in [1.54, 1.807) is 13.0 Å². The molecule has 2 aromatic carbocycles. The number of carbonyl (C=O) groups is 1. The third-order valence-electron chi connectivity index (χ3n) is 6.35. The molecule has 3 heterocycles. The largest absolute Gasteiger partial charge is 0.508 e. The van der Waals surface area contributed by atoms with Gasteiger partial charge in [-0.15, -0.1) is 0 Å². The number of nitrogens with zero attached hydrogens (tertiary/aromatic N) is 2. The number of aliphatic hydroxyl groups is 2. The van der Waals surface area contributed by atoms with Crippen LogP contribution < -0.4 is 16.0 Å². The molecule has 0 radical (unpaired) electrons. The number of fused-ring (bicyclic) bond motifs is 2. The van der Waals surface area contributed by atoms with Gasteiger partial charge < -0.3 is 31.3 Å². The summed E-state index contributed by atoms with van der Waals surface area (Å²) in [6.45, 7) is 3.19. The second kappa shape index (κ2) is 9.14. The van der Waals surface area contributed by atoms with E-state index in [1.807, 2.05) is 18.2 Å². The van der Waals surface area contributed by atoms with Crippen molar-refractivity contribution in [1.82, 2.24) is 9.88 Å². The number of β-amino-alcohol motifs (C(OH)–C–C–N with tert-alkyl or cyclic N) is 1. The summed E-state index contributed by atoms with van der Waals surface area (Å²) in [4.78, 5) is 19.6. The van der Waals surface area contributed by atoms with E-state index in [-0.39, 0.29) is 17.0 Å². The van der Waals surface area contributed by atoms with Gasteiger partial charge in [-0.05, 0) is 48.7 Å². The summed E-state index contributed by atoms with van der Waals surface area (Å²) in [7, 11) is 0. The maximum atomic E-state index is 14.5. The third kappa shape index (κ3) is 4.63. The molecule has 9 nitrogen and oxygen atoms in total. The van der Waals surface area contributed by atoms with Crippen LogP contribution in [0.1, 0.15) is 27.9 Å². The number of likely N-dealkylation sites (tertiary alicyclic amines) is 1. The first-order valence-electron chi connectivity index (χ1n) is 11.3. The number of piperidine rings is 1. The van der Waals surface area contributed by atoms with Crippen molar-refractivity contribution >= 4 is 34.5 Å². The highest BCUT2D eigenvalue weighted by molar-refractivity contribution is 6.15. The summed E-state index contributed by atoms with van der Waals surface area (Å²) in [5.74, 6) is -0.737. The topological polar surface area (TPSA) is 130 Å². The minimum atomic E-state index is -0.780. The molecule has 2 aliphatic heterocycles. The summed E-state index contributed by atoms with van der Waals surface area (Å²) in [6.07, 6.45) is 0.522. The van der Waals surface area contributed by atoms with E-state index in [9.17, 15) is 24.5 Å². The molecule has 182 valence electrons. The molecule has 5 rings (SSSR count). The number of hydrogen-bond donors (Lipinski definition) is 6. The molecular weight excluding hydrogens is 453 g/mol. The molecule has 2 atom stereocenters. The number of phenolic OH excluding ortho intramolecular Hbond substituents is 1. The summed E-state index contributed by atoms with van der Waals surface area (Å²) in [6, 6.07) is 9.68. The molecule has 1 amide bonds. The molecule has 2 aliphatic rings. The molecule has 35 heavy (non-hydrogen) atoms. The van der Waals surface area contributed by atoms with Gasteiger partial charge in [-0.3, -0.25) is 9.69 Å². The lowest BCUT2D eigenvalue weighted by molar-refractivity contribution is -0.0403. The number of pyridine rings is 1. The van der Waals surface area contributed by atoms with Crippen LogP contribution in [0.2, 0.25) is 0 Å². The summed E-state index contributed by atoms with van der Waals surface area (Å²) < 4.78 is 14.5. The Morgan fingerprint density at radius 1 is 1.11 bits per heavy atom. The molecule has 0 saturated carbocycles. The molecule has 0 spiro atoms. The Labute approximate surface area is 201 Å². The Kier molecular flexibility index (Phi) is 6.01. The second-order valence-electron chi connectivity index (χ2n) is 8.94. The smallest absolute Gasteiger partial charge is 0.261 e. The van der Waals surface area contributed by atoms with Crippen LogP contribution in [0.3, 0.4) is 0 Å². The Morgan fingerprint density at radius 2 is 1.94 bits per heavy atom. The van der Waals surface area contributed by atoms with Gasteiger partial charge in [-0.2, -0.15) is 0 Å². The van der Waals surface area contributed by atoms with Gasteiger partial charge >= 0.3 is 0 Å². The van der Waals surface area contributed by atoms with Crippen molar-refractivity contribution in [2.24, 2.45) is 0 Å². The maximum absolute atomic E-state index is 14.5. The number of benzene rings is 2. The number of anilines is 5. The zero-order valence-corrected chi connectivity index (χ0v) is 19.0. The molecule has 3 aromatic rings. The standard InChI is InChI=1S/C25H26FN5O4/c1-13-8-15(26)18(10-21(13)33)28-17-4-6-27-24-23(17)25(35)30-19-9-14(2-3-16(19)29-24)11-31-7-5-20(32)22(34)12-31/h2-4,6,8-10,20,22,32-34H,5,7,11-12H2,1H3,(H,30,35)(H2,27,28,29)/t20-,22-/m0/s1. The van der Waals surface area contributed by atoms with Crippen molar-refractivity contribution in [1.29, 1.82) is 0 Å². The third-order valence-corrected chi connectivity index (χ3v) is 6.35. The van der Waals surface area contributed by atoms with Gasteiger partial charge in [0.25, 0.3) is 5.91 Å². The average Bonchev–Trinajstić information content (AvgIpc) is 2.95. The molecule has 1 fully saturated rings. The zero-order chi connectivity index (χ0) is 24.7. The highest BCUT2D eigenvalue weighted by Gasteiger charge is 2.27. The van der Waals surface area contributed by atoms with Crippen molar-refractivity contribution in [3.8, 4) is 5.75 Å². The summed E-state index contributed by atoms with van der Waals surface area (Å²) >= 11 is 0. The Hall–Kier alpha value is -3.73. The number of aromatic nitrogens is 1. The van der Waals surface area contributed by atoms with Crippen LogP contribution in [-0.4, -0.2) is 56.4 Å². The number of nitrogens with one attached hydrogen (secondary N) is 3. The van der Waals surface area contributed by atoms with Crippen LogP contribution in [0.15, 0.2) is 42.6 Å². The van der Waals surface area contributed by atoms with E-state index in [1.165, 1.54) is 18.3 Å². The first-order chi connectivity index (χ1) is 16.8. The lowest BCUT2D eigenvalue weighted by Crippen LogP contribution is -2.46. The predicted octanol–water partition coefficient (Wildman–Crippen LogP) is 3.22. The fourth-order valence-corrected chi connectivity index (χ4v) is 4.39. The van der Waals surface area contributed by atoms with Crippen molar-refractivity contribution < 1.29 is 24.5 Å². The van der Waals surface area contributed by atoms with Crippen molar-refractivity contribution in [2.75, 3.05) is 29.0 Å². The quantitative estimate of drug-likeness (QED) is 0.337. The number of hydrogen-bond acceptors (Lipinski definition) is 8. The minimum Gasteiger partial charge on any atom is -0.508 e. The average molecular weight is 480 g/mol. The summed E-state index contributed by atoms with van der Waals surface area (Å²) in [5.41, 5.74) is 3.12. The zero-order valence-electron chi connectivity index (χ0n) is 19.0.